The molecule has 1 aromatic carbocycles. The van der Waals surface area contributed by atoms with Crippen LogP contribution in [0.25, 0.3) is 0 Å². The van der Waals surface area contributed by atoms with E-state index in [1.165, 1.54) is 12.1 Å². The van der Waals surface area contributed by atoms with Gasteiger partial charge in [-0.05, 0) is 30.0 Å². The molecule has 0 saturated carbocycles. The van der Waals surface area contributed by atoms with E-state index in [0.717, 1.165) is 0 Å². The van der Waals surface area contributed by atoms with Crippen molar-refractivity contribution in [2.45, 2.75) is 38.2 Å². The summed E-state index contributed by atoms with van der Waals surface area (Å²) < 4.78 is 22.4. The van der Waals surface area contributed by atoms with Crippen molar-refractivity contribution in [3.63, 3.8) is 0 Å². The normalized spacial score (nSPS) is 14.1. The molecule has 6 nitrogen and oxygen atoms in total. The minimum atomic E-state index is -3.75. The molecule has 0 aliphatic carbocycles. The molecule has 0 bridgehead atoms. The number of anilines is 2. The first-order valence-corrected chi connectivity index (χ1v) is 7.88. The maximum atomic E-state index is 11.2. The van der Waals surface area contributed by atoms with Gasteiger partial charge in [0.2, 0.25) is 10.0 Å². The van der Waals surface area contributed by atoms with Crippen LogP contribution in [0.5, 0.6) is 0 Å². The Bertz CT molecular complexity index is 565. The van der Waals surface area contributed by atoms with Gasteiger partial charge >= 0.3 is 0 Å². The molecule has 1 atom stereocenters. The molecule has 0 fully saturated rings. The number of aliphatic hydroxyl groups is 1. The Labute approximate surface area is 120 Å². The van der Waals surface area contributed by atoms with Crippen LogP contribution in [0.3, 0.4) is 0 Å². The molecule has 114 valence electrons. The summed E-state index contributed by atoms with van der Waals surface area (Å²) in [6, 6.07) is 4.22. The zero-order chi connectivity index (χ0) is 15.6. The second-order valence-corrected chi connectivity index (χ2v) is 7.65. The molecule has 1 aromatic rings. The fourth-order valence-corrected chi connectivity index (χ4v) is 2.43. The first-order valence-electron chi connectivity index (χ1n) is 6.33. The number of hydrogen-bond acceptors (Lipinski definition) is 5. The van der Waals surface area contributed by atoms with Gasteiger partial charge in [-0.25, -0.2) is 13.6 Å². The van der Waals surface area contributed by atoms with E-state index in [0.29, 0.717) is 18.7 Å². The van der Waals surface area contributed by atoms with E-state index in [4.69, 9.17) is 10.9 Å². The molecule has 1 unspecified atom stereocenters. The highest BCUT2D eigenvalue weighted by atomic mass is 32.2. The van der Waals surface area contributed by atoms with Gasteiger partial charge in [-0.3, -0.25) is 0 Å². The van der Waals surface area contributed by atoms with E-state index in [-0.39, 0.29) is 16.0 Å². The number of nitrogens with two attached hydrogens (primary N) is 2. The Morgan fingerprint density at radius 1 is 1.35 bits per heavy atom. The summed E-state index contributed by atoms with van der Waals surface area (Å²) >= 11 is 0. The van der Waals surface area contributed by atoms with Gasteiger partial charge in [-0.1, -0.05) is 20.8 Å². The van der Waals surface area contributed by atoms with Gasteiger partial charge in [0.1, 0.15) is 0 Å². The number of nitrogen functional groups attached to an aromatic ring is 1. The van der Waals surface area contributed by atoms with Crippen LogP contribution in [-0.2, 0) is 10.0 Å². The number of rotatable bonds is 5. The van der Waals surface area contributed by atoms with Gasteiger partial charge < -0.3 is 16.2 Å². The Morgan fingerprint density at radius 2 is 1.95 bits per heavy atom. The van der Waals surface area contributed by atoms with Gasteiger partial charge in [-0.2, -0.15) is 0 Å². The van der Waals surface area contributed by atoms with Crippen LogP contribution in [0.1, 0.15) is 27.2 Å². The summed E-state index contributed by atoms with van der Waals surface area (Å²) in [5.41, 5.74) is 6.65. The van der Waals surface area contributed by atoms with E-state index in [1.807, 2.05) is 20.8 Å². The lowest BCUT2D eigenvalue weighted by Crippen LogP contribution is -2.25. The molecule has 0 heterocycles. The average Bonchev–Trinajstić information content (AvgIpc) is 2.23. The smallest absolute Gasteiger partial charge is 0.238 e. The largest absolute Gasteiger partial charge is 0.397 e. The second-order valence-electron chi connectivity index (χ2n) is 6.09. The van der Waals surface area contributed by atoms with Crippen LogP contribution >= 0.6 is 0 Å². The van der Waals surface area contributed by atoms with Crippen LogP contribution in [-0.4, -0.2) is 26.2 Å². The molecule has 20 heavy (non-hydrogen) atoms. The molecule has 0 radical (unpaired) electrons. The van der Waals surface area contributed by atoms with Crippen molar-refractivity contribution >= 4 is 21.4 Å². The number of sulfonamides is 1. The summed E-state index contributed by atoms with van der Waals surface area (Å²) in [6.45, 7) is 6.48. The van der Waals surface area contributed by atoms with Crippen molar-refractivity contribution in [1.29, 1.82) is 0 Å². The topological polar surface area (TPSA) is 118 Å². The SMILES string of the molecule is CC(C)(C)CC(O)CNc1ccc(S(N)(=O)=O)cc1N. The van der Waals surface area contributed by atoms with E-state index in [2.05, 4.69) is 5.32 Å². The van der Waals surface area contributed by atoms with Crippen molar-refractivity contribution in [1.82, 2.24) is 0 Å². The monoisotopic (exact) mass is 301 g/mol. The van der Waals surface area contributed by atoms with Gasteiger partial charge in [0.25, 0.3) is 0 Å². The van der Waals surface area contributed by atoms with Crippen molar-refractivity contribution in [3.05, 3.63) is 18.2 Å². The number of benzene rings is 1. The minimum Gasteiger partial charge on any atom is -0.397 e. The average molecular weight is 301 g/mol. The summed E-state index contributed by atoms with van der Waals surface area (Å²) in [6.07, 6.45) is 0.141. The zero-order valence-corrected chi connectivity index (χ0v) is 12.9. The molecule has 0 aliphatic rings. The molecular formula is C13H23N3O3S. The molecule has 0 aliphatic heterocycles. The molecule has 7 heteroatoms. The van der Waals surface area contributed by atoms with Crippen molar-refractivity contribution in [2.75, 3.05) is 17.6 Å². The summed E-state index contributed by atoms with van der Waals surface area (Å²) in [5, 5.41) is 17.9. The summed E-state index contributed by atoms with van der Waals surface area (Å²) in [5.74, 6) is 0. The third kappa shape index (κ3) is 5.36. The van der Waals surface area contributed by atoms with Crippen LogP contribution in [0.4, 0.5) is 11.4 Å². The van der Waals surface area contributed by atoms with Crippen molar-refractivity contribution in [2.24, 2.45) is 10.6 Å². The lowest BCUT2D eigenvalue weighted by Gasteiger charge is -2.23. The van der Waals surface area contributed by atoms with Crippen LogP contribution in [0.2, 0.25) is 0 Å². The maximum Gasteiger partial charge on any atom is 0.238 e. The van der Waals surface area contributed by atoms with Crippen LogP contribution in [0.15, 0.2) is 23.1 Å². The quantitative estimate of drug-likeness (QED) is 0.608. The van der Waals surface area contributed by atoms with E-state index in [1.54, 1.807) is 6.07 Å². The Morgan fingerprint density at radius 3 is 2.40 bits per heavy atom. The van der Waals surface area contributed by atoms with E-state index in [9.17, 15) is 13.5 Å². The zero-order valence-electron chi connectivity index (χ0n) is 12.1. The fourth-order valence-electron chi connectivity index (χ4n) is 1.89. The predicted molar refractivity (Wildman–Crippen MR) is 80.8 cm³/mol. The summed E-state index contributed by atoms with van der Waals surface area (Å²) in [4.78, 5) is -0.0317. The van der Waals surface area contributed by atoms with Crippen LogP contribution in [0, 0.1) is 5.41 Å². The number of hydrogen-bond donors (Lipinski definition) is 4. The van der Waals surface area contributed by atoms with E-state index < -0.39 is 16.1 Å². The van der Waals surface area contributed by atoms with Gasteiger partial charge in [0.05, 0.1) is 22.4 Å². The minimum absolute atomic E-state index is 0.0317. The highest BCUT2D eigenvalue weighted by Gasteiger charge is 2.17. The highest BCUT2D eigenvalue weighted by Crippen LogP contribution is 2.24. The van der Waals surface area contributed by atoms with Gasteiger partial charge in [0.15, 0.2) is 0 Å². The predicted octanol–water partition coefficient (Wildman–Crippen LogP) is 1.13. The lowest BCUT2D eigenvalue weighted by atomic mass is 9.89. The van der Waals surface area contributed by atoms with Gasteiger partial charge in [0, 0.05) is 6.54 Å². The molecule has 0 aromatic heterocycles. The molecule has 0 spiro atoms. The number of nitrogens with one attached hydrogen (secondary N) is 1. The molecule has 0 saturated heterocycles. The fraction of sp³-hybridized carbons (Fsp3) is 0.538. The number of aliphatic hydroxyl groups excluding tert-OH is 1. The van der Waals surface area contributed by atoms with Crippen LogP contribution < -0.4 is 16.2 Å². The Kier molecular flexibility index (Phi) is 5.01. The molecule has 6 N–H and O–H groups in total. The first kappa shape index (κ1) is 16.7. The Balaban J connectivity index is 2.71. The van der Waals surface area contributed by atoms with Crippen molar-refractivity contribution < 1.29 is 13.5 Å². The first-order chi connectivity index (χ1) is 8.99. The highest BCUT2D eigenvalue weighted by molar-refractivity contribution is 7.89. The van der Waals surface area contributed by atoms with Crippen molar-refractivity contribution in [3.8, 4) is 0 Å². The number of primary sulfonamides is 1. The summed E-state index contributed by atoms with van der Waals surface area (Å²) in [7, 11) is -3.75. The van der Waals surface area contributed by atoms with E-state index >= 15 is 0 Å². The van der Waals surface area contributed by atoms with Gasteiger partial charge in [-0.15, -0.1) is 0 Å². The molecular weight excluding hydrogens is 278 g/mol. The lowest BCUT2D eigenvalue weighted by molar-refractivity contribution is 0.132. The maximum absolute atomic E-state index is 11.2. The third-order valence-corrected chi connectivity index (χ3v) is 3.64. The standard InChI is InChI=1S/C13H23N3O3S/c1-13(2,3)7-9(17)8-16-12-5-4-10(6-11(12)14)20(15,18)19/h4-6,9,16-17H,7-8,14H2,1-3H3,(H2,15,18,19). The third-order valence-electron chi connectivity index (χ3n) is 2.73. The Hall–Kier alpha value is -1.31. The molecule has 0 amide bonds. The second kappa shape index (κ2) is 5.99. The molecule has 1 rings (SSSR count).